The third-order valence-electron chi connectivity index (χ3n) is 6.17. The van der Waals surface area contributed by atoms with E-state index < -0.39 is 0 Å². The smallest absolute Gasteiger partial charge is 0.225 e. The summed E-state index contributed by atoms with van der Waals surface area (Å²) in [5.74, 6) is 2.63. The van der Waals surface area contributed by atoms with Crippen LogP contribution in [0.15, 0.2) is 53.8 Å². The molecule has 7 nitrogen and oxygen atoms in total. The second-order valence-electron chi connectivity index (χ2n) is 8.40. The van der Waals surface area contributed by atoms with E-state index in [1.165, 1.54) is 12.0 Å². The quantitative estimate of drug-likeness (QED) is 0.326. The third kappa shape index (κ3) is 7.03. The molecular formula is C24H36IN7. The molecule has 0 amide bonds. The lowest BCUT2D eigenvalue weighted by atomic mass is 9.99. The zero-order valence-electron chi connectivity index (χ0n) is 19.1. The summed E-state index contributed by atoms with van der Waals surface area (Å²) >= 11 is 0. The van der Waals surface area contributed by atoms with Crippen molar-refractivity contribution >= 4 is 35.9 Å². The third-order valence-corrected chi connectivity index (χ3v) is 6.17. The number of benzene rings is 1. The first-order valence-electron chi connectivity index (χ1n) is 11.6. The van der Waals surface area contributed by atoms with Gasteiger partial charge < -0.3 is 15.1 Å². The van der Waals surface area contributed by atoms with Crippen LogP contribution in [0.4, 0.5) is 5.95 Å². The lowest BCUT2D eigenvalue weighted by molar-refractivity contribution is 0.263. The average Bonchev–Trinajstić information content (AvgIpc) is 3.28. The van der Waals surface area contributed by atoms with Crippen LogP contribution in [0, 0.1) is 5.92 Å². The van der Waals surface area contributed by atoms with Gasteiger partial charge in [0.2, 0.25) is 5.95 Å². The van der Waals surface area contributed by atoms with Crippen molar-refractivity contribution in [3.63, 3.8) is 0 Å². The normalized spacial score (nSPS) is 19.7. The second-order valence-corrected chi connectivity index (χ2v) is 8.40. The Bertz CT molecular complexity index is 810. The summed E-state index contributed by atoms with van der Waals surface area (Å²) in [6, 6.07) is 12.7. The maximum absolute atomic E-state index is 4.96. The second kappa shape index (κ2) is 12.9. The Morgan fingerprint density at radius 1 is 1.03 bits per heavy atom. The van der Waals surface area contributed by atoms with E-state index in [0.29, 0.717) is 5.92 Å². The molecule has 1 unspecified atom stereocenters. The number of piperazine rings is 1. The van der Waals surface area contributed by atoms with Crippen molar-refractivity contribution in [3.05, 3.63) is 54.4 Å². The minimum atomic E-state index is 0. The van der Waals surface area contributed by atoms with E-state index in [4.69, 9.17) is 4.99 Å². The topological polar surface area (TPSA) is 59.9 Å². The summed E-state index contributed by atoms with van der Waals surface area (Å²) < 4.78 is 0. The van der Waals surface area contributed by atoms with Gasteiger partial charge in [-0.15, -0.1) is 24.0 Å². The standard InChI is InChI=1S/C24H35N7.HI/c1-2-25-23(31-13-9-22(20-31)19-21-7-4-3-5-8-21)28-12-14-29-15-17-30(18-16-29)24-26-10-6-11-27-24;/h3-8,10-11,22H,2,9,12-20H2,1H3,(H,25,28);1H. The van der Waals surface area contributed by atoms with Crippen LogP contribution in [0.1, 0.15) is 18.9 Å². The number of aliphatic imine (C=N–C) groups is 1. The van der Waals surface area contributed by atoms with Gasteiger partial charge in [0.05, 0.1) is 6.54 Å². The van der Waals surface area contributed by atoms with Gasteiger partial charge in [-0.1, -0.05) is 30.3 Å². The van der Waals surface area contributed by atoms with E-state index in [9.17, 15) is 0 Å². The van der Waals surface area contributed by atoms with Crippen LogP contribution in [-0.4, -0.2) is 84.6 Å². The number of nitrogens with zero attached hydrogens (tertiary/aromatic N) is 6. The number of halogens is 1. The molecule has 1 N–H and O–H groups in total. The van der Waals surface area contributed by atoms with Gasteiger partial charge in [-0.2, -0.15) is 0 Å². The number of guanidine groups is 1. The predicted molar refractivity (Wildman–Crippen MR) is 142 cm³/mol. The summed E-state index contributed by atoms with van der Waals surface area (Å²) in [6.45, 7) is 11.1. The van der Waals surface area contributed by atoms with Gasteiger partial charge in [-0.3, -0.25) is 9.89 Å². The van der Waals surface area contributed by atoms with Crippen molar-refractivity contribution < 1.29 is 0 Å². The summed E-state index contributed by atoms with van der Waals surface area (Å²) in [7, 11) is 0. The van der Waals surface area contributed by atoms with Crippen molar-refractivity contribution in [1.82, 2.24) is 25.1 Å². The lowest BCUT2D eigenvalue weighted by Gasteiger charge is -2.34. The molecule has 0 bridgehead atoms. The zero-order chi connectivity index (χ0) is 21.3. The number of nitrogens with one attached hydrogen (secondary N) is 1. The Labute approximate surface area is 209 Å². The highest BCUT2D eigenvalue weighted by Gasteiger charge is 2.25. The minimum absolute atomic E-state index is 0. The molecule has 0 saturated carbocycles. The minimum Gasteiger partial charge on any atom is -0.357 e. The number of aromatic nitrogens is 2. The van der Waals surface area contributed by atoms with Gasteiger partial charge in [0.25, 0.3) is 0 Å². The molecule has 1 aromatic heterocycles. The molecule has 32 heavy (non-hydrogen) atoms. The largest absolute Gasteiger partial charge is 0.357 e. The molecule has 174 valence electrons. The highest BCUT2D eigenvalue weighted by atomic mass is 127. The van der Waals surface area contributed by atoms with E-state index >= 15 is 0 Å². The first-order valence-corrected chi connectivity index (χ1v) is 11.6. The first-order chi connectivity index (χ1) is 15.3. The number of hydrogen-bond acceptors (Lipinski definition) is 5. The number of hydrogen-bond donors (Lipinski definition) is 1. The number of anilines is 1. The van der Waals surface area contributed by atoms with Crippen molar-refractivity contribution in [2.75, 3.05) is 63.8 Å². The average molecular weight is 550 g/mol. The molecule has 0 aliphatic carbocycles. The fraction of sp³-hybridized carbons (Fsp3) is 0.542. The highest BCUT2D eigenvalue weighted by Crippen LogP contribution is 2.21. The highest BCUT2D eigenvalue weighted by molar-refractivity contribution is 14.0. The summed E-state index contributed by atoms with van der Waals surface area (Å²) in [5, 5.41) is 3.51. The summed E-state index contributed by atoms with van der Waals surface area (Å²) in [6.07, 6.45) is 6.03. The molecule has 2 fully saturated rings. The zero-order valence-corrected chi connectivity index (χ0v) is 21.4. The number of likely N-dealkylation sites (tertiary alicyclic amines) is 1. The maximum Gasteiger partial charge on any atom is 0.225 e. The van der Waals surface area contributed by atoms with Crippen LogP contribution >= 0.6 is 24.0 Å². The van der Waals surface area contributed by atoms with Crippen molar-refractivity contribution in [1.29, 1.82) is 0 Å². The molecule has 1 aromatic carbocycles. The van der Waals surface area contributed by atoms with Crippen LogP contribution < -0.4 is 10.2 Å². The maximum atomic E-state index is 4.96. The fourth-order valence-electron chi connectivity index (χ4n) is 4.49. The Kier molecular flexibility index (Phi) is 9.98. The van der Waals surface area contributed by atoms with Crippen molar-refractivity contribution in [2.45, 2.75) is 19.8 Å². The van der Waals surface area contributed by atoms with Crippen LogP contribution in [0.3, 0.4) is 0 Å². The molecule has 0 spiro atoms. The molecule has 2 saturated heterocycles. The summed E-state index contributed by atoms with van der Waals surface area (Å²) in [4.78, 5) is 20.9. The van der Waals surface area contributed by atoms with Gasteiger partial charge in [0, 0.05) is 64.8 Å². The van der Waals surface area contributed by atoms with Crippen LogP contribution in [0.5, 0.6) is 0 Å². The monoisotopic (exact) mass is 549 g/mol. The van der Waals surface area contributed by atoms with E-state index in [0.717, 1.165) is 77.2 Å². The Balaban J connectivity index is 0.00000289. The van der Waals surface area contributed by atoms with E-state index in [1.54, 1.807) is 0 Å². The van der Waals surface area contributed by atoms with E-state index in [1.807, 2.05) is 18.5 Å². The van der Waals surface area contributed by atoms with Gasteiger partial charge in [0.1, 0.15) is 0 Å². The lowest BCUT2D eigenvalue weighted by Crippen LogP contribution is -2.48. The molecule has 4 rings (SSSR count). The Morgan fingerprint density at radius 3 is 2.50 bits per heavy atom. The van der Waals surface area contributed by atoms with Gasteiger partial charge in [-0.25, -0.2) is 9.97 Å². The molecule has 3 heterocycles. The van der Waals surface area contributed by atoms with E-state index in [2.05, 4.69) is 67.2 Å². The first kappa shape index (κ1) is 24.7. The van der Waals surface area contributed by atoms with Crippen molar-refractivity contribution in [2.24, 2.45) is 10.9 Å². The molecule has 8 heteroatoms. The van der Waals surface area contributed by atoms with E-state index in [-0.39, 0.29) is 24.0 Å². The molecular weight excluding hydrogens is 513 g/mol. The van der Waals surface area contributed by atoms with Gasteiger partial charge in [-0.05, 0) is 37.3 Å². The van der Waals surface area contributed by atoms with Gasteiger partial charge in [0.15, 0.2) is 5.96 Å². The Hall–Kier alpha value is -1.94. The molecule has 2 aliphatic heterocycles. The van der Waals surface area contributed by atoms with Gasteiger partial charge >= 0.3 is 0 Å². The van der Waals surface area contributed by atoms with Crippen molar-refractivity contribution in [3.8, 4) is 0 Å². The van der Waals surface area contributed by atoms with Crippen LogP contribution in [-0.2, 0) is 6.42 Å². The van der Waals surface area contributed by atoms with Crippen LogP contribution in [0.25, 0.3) is 0 Å². The summed E-state index contributed by atoms with van der Waals surface area (Å²) in [5.41, 5.74) is 1.44. The Morgan fingerprint density at radius 2 is 1.78 bits per heavy atom. The molecule has 2 aliphatic rings. The molecule has 2 aromatic rings. The van der Waals surface area contributed by atoms with Crippen LogP contribution in [0.2, 0.25) is 0 Å². The molecule has 1 atom stereocenters. The molecule has 0 radical (unpaired) electrons. The predicted octanol–water partition coefficient (Wildman–Crippen LogP) is 2.75. The fourth-order valence-corrected chi connectivity index (χ4v) is 4.49. The SMILES string of the molecule is CCNC(=NCCN1CCN(c2ncccn2)CC1)N1CCC(Cc2ccccc2)C1.I. The number of rotatable bonds is 7.